The largest absolute Gasteiger partial charge is 0.402 e. The van der Waals surface area contributed by atoms with E-state index in [2.05, 4.69) is 30.3 Å². The summed E-state index contributed by atoms with van der Waals surface area (Å²) in [4.78, 5) is 11.9. The van der Waals surface area contributed by atoms with E-state index in [1.807, 2.05) is 19.3 Å². The minimum absolute atomic E-state index is 0.0610. The number of rotatable bonds is 5. The van der Waals surface area contributed by atoms with E-state index in [9.17, 15) is 4.39 Å². The van der Waals surface area contributed by atoms with Gasteiger partial charge in [-0.25, -0.2) is 9.37 Å². The summed E-state index contributed by atoms with van der Waals surface area (Å²) < 4.78 is 21.6. The smallest absolute Gasteiger partial charge is 0.343 e. The van der Waals surface area contributed by atoms with Crippen LogP contribution in [-0.2, 0) is 13.6 Å². The molecule has 0 aliphatic heterocycles. The van der Waals surface area contributed by atoms with Crippen LogP contribution in [0, 0.1) is 0 Å². The molecule has 5 aromatic heterocycles. The third kappa shape index (κ3) is 3.73. The molecule has 0 spiro atoms. The molecule has 0 aromatic carbocycles. The van der Waals surface area contributed by atoms with Crippen molar-refractivity contribution < 1.29 is 8.81 Å². The van der Waals surface area contributed by atoms with Crippen molar-refractivity contribution >= 4 is 28.6 Å². The van der Waals surface area contributed by atoms with Crippen molar-refractivity contribution in [1.82, 2.24) is 34.5 Å². The lowest BCUT2D eigenvalue weighted by atomic mass is 10.1. The van der Waals surface area contributed by atoms with Crippen LogP contribution in [0.4, 0.5) is 10.4 Å². The average Bonchev–Trinajstić information content (AvgIpc) is 3.49. The quantitative estimate of drug-likeness (QED) is 0.451. The van der Waals surface area contributed by atoms with Gasteiger partial charge in [0.1, 0.15) is 12.3 Å². The molecule has 0 saturated carbocycles. The summed E-state index contributed by atoms with van der Waals surface area (Å²) in [5.74, 6) is 0.301. The Morgan fingerprint density at radius 2 is 2.13 bits per heavy atom. The SMILES string of the molecule is Cn1cc(-c2cnc3[nH]cc(-c4nnc(/N=c5\ccn(CCF)cc5Cl)o4)c3c2)cn1. The first kappa shape index (κ1) is 19.2. The molecule has 5 heterocycles. The fourth-order valence-corrected chi connectivity index (χ4v) is 3.44. The summed E-state index contributed by atoms with van der Waals surface area (Å²) >= 11 is 6.23. The van der Waals surface area contributed by atoms with Crippen molar-refractivity contribution in [1.29, 1.82) is 0 Å². The molecule has 5 rings (SSSR count). The predicted molar refractivity (Wildman–Crippen MR) is 112 cm³/mol. The maximum Gasteiger partial charge on any atom is 0.343 e. The molecular weight excluding hydrogens is 423 g/mol. The fourth-order valence-electron chi connectivity index (χ4n) is 3.21. The van der Waals surface area contributed by atoms with Crippen LogP contribution in [0.15, 0.2) is 58.7 Å². The van der Waals surface area contributed by atoms with E-state index in [0.29, 0.717) is 27.5 Å². The minimum Gasteiger partial charge on any atom is -0.402 e. The van der Waals surface area contributed by atoms with Crippen LogP contribution in [0.2, 0.25) is 5.02 Å². The van der Waals surface area contributed by atoms with Crippen LogP contribution < -0.4 is 5.36 Å². The van der Waals surface area contributed by atoms with Crippen molar-refractivity contribution in [3.8, 4) is 22.6 Å². The van der Waals surface area contributed by atoms with Gasteiger partial charge in [-0.3, -0.25) is 4.68 Å². The Hall–Kier alpha value is -3.79. The number of fused-ring (bicyclic) bond motifs is 1. The molecular formula is C20H16ClFN8O. The zero-order chi connectivity index (χ0) is 21.4. The lowest BCUT2D eigenvalue weighted by Gasteiger charge is -2.02. The van der Waals surface area contributed by atoms with Crippen molar-refractivity contribution in [2.45, 2.75) is 6.54 Å². The van der Waals surface area contributed by atoms with Crippen LogP contribution in [0.3, 0.4) is 0 Å². The van der Waals surface area contributed by atoms with E-state index in [4.69, 9.17) is 16.0 Å². The molecule has 0 unspecified atom stereocenters. The van der Waals surface area contributed by atoms with Gasteiger partial charge >= 0.3 is 6.01 Å². The number of alkyl halides is 1. The van der Waals surface area contributed by atoms with Crippen LogP contribution >= 0.6 is 11.6 Å². The van der Waals surface area contributed by atoms with Crippen molar-refractivity contribution in [2.75, 3.05) is 6.67 Å². The third-order valence-electron chi connectivity index (χ3n) is 4.72. The Morgan fingerprint density at radius 1 is 1.23 bits per heavy atom. The normalized spacial score (nSPS) is 12.2. The molecule has 156 valence electrons. The van der Waals surface area contributed by atoms with E-state index in [1.165, 1.54) is 0 Å². The van der Waals surface area contributed by atoms with Crippen LogP contribution in [-0.4, -0.2) is 41.2 Å². The highest BCUT2D eigenvalue weighted by Gasteiger charge is 2.15. The van der Waals surface area contributed by atoms with Gasteiger partial charge < -0.3 is 14.0 Å². The highest BCUT2D eigenvalue weighted by molar-refractivity contribution is 6.30. The molecule has 0 atom stereocenters. The monoisotopic (exact) mass is 438 g/mol. The second-order valence-electron chi connectivity index (χ2n) is 6.83. The number of nitrogens with zero attached hydrogens (tertiary/aromatic N) is 7. The number of nitrogens with one attached hydrogen (secondary N) is 1. The lowest BCUT2D eigenvalue weighted by molar-refractivity contribution is 0.444. The second kappa shape index (κ2) is 7.80. The van der Waals surface area contributed by atoms with E-state index < -0.39 is 6.67 Å². The van der Waals surface area contributed by atoms with Gasteiger partial charge in [0.25, 0.3) is 5.89 Å². The number of aromatic amines is 1. The summed E-state index contributed by atoms with van der Waals surface area (Å²) in [6, 6.07) is 3.72. The summed E-state index contributed by atoms with van der Waals surface area (Å²) in [5, 5.41) is 14.0. The molecule has 0 saturated heterocycles. The van der Waals surface area contributed by atoms with E-state index >= 15 is 0 Å². The molecule has 11 heteroatoms. The summed E-state index contributed by atoms with van der Waals surface area (Å²) in [6.07, 6.45) is 10.5. The Morgan fingerprint density at radius 3 is 2.90 bits per heavy atom. The van der Waals surface area contributed by atoms with Gasteiger partial charge in [0.2, 0.25) is 0 Å². The van der Waals surface area contributed by atoms with Crippen molar-refractivity contribution in [2.24, 2.45) is 12.0 Å². The van der Waals surface area contributed by atoms with E-state index in [1.54, 1.807) is 46.3 Å². The first-order valence-electron chi connectivity index (χ1n) is 9.37. The number of hydrogen-bond acceptors (Lipinski definition) is 6. The van der Waals surface area contributed by atoms with E-state index in [-0.39, 0.29) is 12.6 Å². The number of aryl methyl sites for hydroxylation is 2. The maximum atomic E-state index is 12.5. The number of H-pyrrole nitrogens is 1. The average molecular weight is 439 g/mol. The lowest BCUT2D eigenvalue weighted by Crippen LogP contribution is -2.08. The number of hydrogen-bond donors (Lipinski definition) is 1. The summed E-state index contributed by atoms with van der Waals surface area (Å²) in [5.41, 5.74) is 3.28. The standard InChI is InChI=1S/C20H16ClFN8O/c1-29-10-13(8-25-29)12-6-14-15(9-24-18(14)23-7-12)19-27-28-20(31-19)26-17-2-4-30(5-3-22)11-16(17)21/h2,4,6-11H,3,5H2,1H3,(H,23,24)/b26-17+. The Balaban J connectivity index is 1.51. The van der Waals surface area contributed by atoms with Crippen molar-refractivity contribution in [3.05, 3.63) is 59.7 Å². The molecule has 0 radical (unpaired) electrons. The predicted octanol–water partition coefficient (Wildman–Crippen LogP) is 3.67. The molecule has 1 N–H and O–H groups in total. The number of halogens is 2. The highest BCUT2D eigenvalue weighted by Crippen LogP contribution is 2.31. The van der Waals surface area contributed by atoms with Crippen LogP contribution in [0.25, 0.3) is 33.6 Å². The molecule has 0 aliphatic carbocycles. The van der Waals surface area contributed by atoms with Gasteiger partial charge in [0, 0.05) is 54.5 Å². The summed E-state index contributed by atoms with van der Waals surface area (Å²) in [6.45, 7) is -0.257. The van der Waals surface area contributed by atoms with Gasteiger partial charge in [0.15, 0.2) is 0 Å². The maximum absolute atomic E-state index is 12.5. The van der Waals surface area contributed by atoms with Gasteiger partial charge in [-0.1, -0.05) is 16.7 Å². The first-order chi connectivity index (χ1) is 15.1. The molecule has 5 aromatic rings. The zero-order valence-corrected chi connectivity index (χ0v) is 17.1. The third-order valence-corrected chi connectivity index (χ3v) is 5.01. The molecule has 0 amide bonds. The Kier molecular flexibility index (Phi) is 4.83. The van der Waals surface area contributed by atoms with E-state index in [0.717, 1.165) is 16.5 Å². The molecule has 9 nitrogen and oxygen atoms in total. The van der Waals surface area contributed by atoms with Crippen molar-refractivity contribution in [3.63, 3.8) is 0 Å². The highest BCUT2D eigenvalue weighted by atomic mass is 35.5. The van der Waals surface area contributed by atoms with Gasteiger partial charge in [-0.05, 0) is 12.1 Å². The Bertz CT molecular complexity index is 1450. The number of aromatic nitrogens is 7. The first-order valence-corrected chi connectivity index (χ1v) is 9.75. The Labute approximate surface area is 179 Å². The minimum atomic E-state index is -0.480. The van der Waals surface area contributed by atoms with Crippen LogP contribution in [0.5, 0.6) is 0 Å². The van der Waals surface area contributed by atoms with Gasteiger partial charge in [0.05, 0.1) is 28.7 Å². The number of pyridine rings is 2. The zero-order valence-electron chi connectivity index (χ0n) is 16.3. The molecule has 0 bridgehead atoms. The second-order valence-corrected chi connectivity index (χ2v) is 7.24. The molecule has 31 heavy (non-hydrogen) atoms. The van der Waals surface area contributed by atoms with Gasteiger partial charge in [-0.2, -0.15) is 10.1 Å². The molecule has 0 aliphatic rings. The topological polar surface area (TPSA) is 103 Å². The fraction of sp³-hybridized carbons (Fsp3) is 0.150. The molecule has 0 fully saturated rings. The van der Waals surface area contributed by atoms with Gasteiger partial charge in [-0.15, -0.1) is 5.10 Å². The summed E-state index contributed by atoms with van der Waals surface area (Å²) in [7, 11) is 1.86. The van der Waals surface area contributed by atoms with Crippen LogP contribution in [0.1, 0.15) is 0 Å².